The summed E-state index contributed by atoms with van der Waals surface area (Å²) in [5, 5.41) is 11.8. The van der Waals surface area contributed by atoms with Crippen molar-refractivity contribution in [3.63, 3.8) is 0 Å². The Bertz CT molecular complexity index is 482. The second-order valence-electron chi connectivity index (χ2n) is 5.59. The minimum atomic E-state index is -1.03. The number of rotatable bonds is 4. The number of hydrogen-bond acceptors (Lipinski definition) is 4. The average Bonchev–Trinajstić information content (AvgIpc) is 2.76. The number of halogens is 1. The largest absolute Gasteiger partial charge is 0.467 e. The van der Waals surface area contributed by atoms with Gasteiger partial charge in [-0.2, -0.15) is 11.8 Å². The Balaban J connectivity index is 1.82. The lowest BCUT2D eigenvalue weighted by Crippen LogP contribution is -2.35. The molecule has 1 N–H and O–H groups in total. The first kappa shape index (κ1) is 14.2. The van der Waals surface area contributed by atoms with Crippen LogP contribution in [0.3, 0.4) is 0 Å². The summed E-state index contributed by atoms with van der Waals surface area (Å²) in [6.45, 7) is 0.0871. The summed E-state index contributed by atoms with van der Waals surface area (Å²) in [4.78, 5) is 0. The van der Waals surface area contributed by atoms with Gasteiger partial charge < -0.3 is 14.6 Å². The Morgan fingerprint density at radius 3 is 2.65 bits per heavy atom. The van der Waals surface area contributed by atoms with Crippen LogP contribution in [0.5, 0.6) is 5.75 Å². The second kappa shape index (κ2) is 5.54. The van der Waals surface area contributed by atoms with Crippen molar-refractivity contribution in [3.05, 3.63) is 29.6 Å². The highest BCUT2D eigenvalue weighted by atomic mass is 32.2. The quantitative estimate of drug-likeness (QED) is 0.867. The van der Waals surface area contributed by atoms with Crippen LogP contribution in [0.25, 0.3) is 0 Å². The van der Waals surface area contributed by atoms with Gasteiger partial charge >= 0.3 is 0 Å². The van der Waals surface area contributed by atoms with E-state index in [9.17, 15) is 9.50 Å². The van der Waals surface area contributed by atoms with Gasteiger partial charge in [-0.05, 0) is 37.8 Å². The molecule has 0 amide bonds. The molecule has 2 unspecified atom stereocenters. The van der Waals surface area contributed by atoms with E-state index in [4.69, 9.17) is 9.47 Å². The molecule has 110 valence electrons. The van der Waals surface area contributed by atoms with E-state index in [0.29, 0.717) is 34.7 Å². The molecule has 5 heteroatoms. The Kier molecular flexibility index (Phi) is 3.93. The molecule has 0 spiro atoms. The van der Waals surface area contributed by atoms with Gasteiger partial charge in [0.1, 0.15) is 11.6 Å². The van der Waals surface area contributed by atoms with Crippen LogP contribution in [-0.4, -0.2) is 29.5 Å². The molecule has 2 saturated heterocycles. The first-order chi connectivity index (χ1) is 9.60. The van der Waals surface area contributed by atoms with Crippen LogP contribution in [0.15, 0.2) is 18.2 Å². The summed E-state index contributed by atoms with van der Waals surface area (Å²) < 4.78 is 24.3. The van der Waals surface area contributed by atoms with E-state index >= 15 is 0 Å². The number of methoxy groups -OCH3 is 1. The van der Waals surface area contributed by atoms with Crippen LogP contribution in [0.1, 0.15) is 31.2 Å². The number of hydrogen-bond donors (Lipinski definition) is 1. The van der Waals surface area contributed by atoms with Crippen LogP contribution in [0.4, 0.5) is 4.39 Å². The Morgan fingerprint density at radius 1 is 1.35 bits per heavy atom. The van der Waals surface area contributed by atoms with Crippen LogP contribution < -0.4 is 4.74 Å². The van der Waals surface area contributed by atoms with Gasteiger partial charge in [-0.1, -0.05) is 0 Å². The highest BCUT2D eigenvalue weighted by Crippen LogP contribution is 2.51. The van der Waals surface area contributed by atoms with Crippen molar-refractivity contribution < 1.29 is 19.0 Å². The number of benzene rings is 1. The number of fused-ring (bicyclic) bond motifs is 2. The fraction of sp³-hybridized carbons (Fsp3) is 0.600. The molecule has 2 aliphatic rings. The molecule has 1 aromatic rings. The SMILES string of the molecule is COCOc1ccc(C2(O)CC3CCC(C2)S3)c(F)c1. The van der Waals surface area contributed by atoms with Gasteiger partial charge in [-0.3, -0.25) is 0 Å². The molecule has 0 aliphatic carbocycles. The Morgan fingerprint density at radius 2 is 2.05 bits per heavy atom. The Hall–Kier alpha value is -0.780. The third-order valence-corrected chi connectivity index (χ3v) is 5.69. The van der Waals surface area contributed by atoms with Crippen LogP contribution in [0, 0.1) is 5.82 Å². The van der Waals surface area contributed by atoms with Gasteiger partial charge in [0.2, 0.25) is 0 Å². The van der Waals surface area contributed by atoms with E-state index in [-0.39, 0.29) is 6.79 Å². The summed E-state index contributed by atoms with van der Waals surface area (Å²) in [5.41, 5.74) is -0.625. The minimum Gasteiger partial charge on any atom is -0.467 e. The topological polar surface area (TPSA) is 38.7 Å². The van der Waals surface area contributed by atoms with Gasteiger partial charge in [-0.25, -0.2) is 4.39 Å². The fourth-order valence-electron chi connectivity index (χ4n) is 3.23. The molecule has 2 aliphatic heterocycles. The van der Waals surface area contributed by atoms with E-state index in [1.165, 1.54) is 13.2 Å². The van der Waals surface area contributed by atoms with Crippen LogP contribution in [0.2, 0.25) is 0 Å². The molecule has 20 heavy (non-hydrogen) atoms. The molecule has 2 fully saturated rings. The Labute approximate surface area is 122 Å². The zero-order valence-electron chi connectivity index (χ0n) is 11.5. The number of ether oxygens (including phenoxy) is 2. The molecular formula is C15H19FO3S. The van der Waals surface area contributed by atoms with Gasteiger partial charge in [0.25, 0.3) is 0 Å². The first-order valence-corrected chi connectivity index (χ1v) is 7.84. The lowest BCUT2D eigenvalue weighted by atomic mass is 9.85. The predicted molar refractivity (Wildman–Crippen MR) is 76.4 cm³/mol. The third kappa shape index (κ3) is 2.67. The molecule has 2 atom stereocenters. The predicted octanol–water partition coefficient (Wildman–Crippen LogP) is 3.05. The summed E-state index contributed by atoms with van der Waals surface area (Å²) in [7, 11) is 1.52. The zero-order valence-corrected chi connectivity index (χ0v) is 12.3. The molecule has 0 aromatic heterocycles. The van der Waals surface area contributed by atoms with E-state index in [1.807, 2.05) is 11.8 Å². The zero-order chi connectivity index (χ0) is 14.2. The summed E-state index contributed by atoms with van der Waals surface area (Å²) in [5.74, 6) is 0.0252. The standard InChI is InChI=1S/C15H19FO3S/c1-18-9-19-10-2-5-13(14(16)6-10)15(17)7-11-3-4-12(8-15)20-11/h2,5-6,11-12,17H,3-4,7-9H2,1H3. The van der Waals surface area contributed by atoms with E-state index < -0.39 is 11.4 Å². The van der Waals surface area contributed by atoms with Crippen LogP contribution in [-0.2, 0) is 10.3 Å². The average molecular weight is 298 g/mol. The van der Waals surface area contributed by atoms with Crippen molar-refractivity contribution in [2.45, 2.75) is 41.8 Å². The summed E-state index contributed by atoms with van der Waals surface area (Å²) in [6, 6.07) is 4.67. The summed E-state index contributed by atoms with van der Waals surface area (Å²) >= 11 is 1.95. The molecular weight excluding hydrogens is 279 g/mol. The fourth-order valence-corrected chi connectivity index (χ4v) is 5.06. The van der Waals surface area contributed by atoms with Gasteiger partial charge in [-0.15, -0.1) is 0 Å². The normalized spacial score (nSPS) is 32.4. The molecule has 2 heterocycles. The lowest BCUT2D eigenvalue weighted by Gasteiger charge is -2.36. The highest BCUT2D eigenvalue weighted by molar-refractivity contribution is 8.00. The monoisotopic (exact) mass is 298 g/mol. The molecule has 3 rings (SSSR count). The first-order valence-electron chi connectivity index (χ1n) is 6.90. The van der Waals surface area contributed by atoms with Crippen molar-refractivity contribution in [1.29, 1.82) is 0 Å². The van der Waals surface area contributed by atoms with Crippen LogP contribution >= 0.6 is 11.8 Å². The lowest BCUT2D eigenvalue weighted by molar-refractivity contribution is 0.0159. The molecule has 3 nitrogen and oxygen atoms in total. The molecule has 2 bridgehead atoms. The number of aliphatic hydroxyl groups is 1. The van der Waals surface area contributed by atoms with Crippen molar-refractivity contribution in [2.75, 3.05) is 13.9 Å². The van der Waals surface area contributed by atoms with Crippen molar-refractivity contribution >= 4 is 11.8 Å². The minimum absolute atomic E-state index is 0.0871. The summed E-state index contributed by atoms with van der Waals surface area (Å²) in [6.07, 6.45) is 3.55. The van der Waals surface area contributed by atoms with Gasteiger partial charge in [0.05, 0.1) is 5.60 Å². The van der Waals surface area contributed by atoms with Gasteiger partial charge in [0, 0.05) is 29.2 Å². The molecule has 0 saturated carbocycles. The van der Waals surface area contributed by atoms with Crippen molar-refractivity contribution in [2.24, 2.45) is 0 Å². The number of thioether (sulfide) groups is 1. The van der Waals surface area contributed by atoms with Gasteiger partial charge in [0.15, 0.2) is 6.79 Å². The third-order valence-electron chi connectivity index (χ3n) is 4.11. The van der Waals surface area contributed by atoms with Crippen molar-refractivity contribution in [3.8, 4) is 5.75 Å². The highest BCUT2D eigenvalue weighted by Gasteiger charge is 2.45. The molecule has 0 radical (unpaired) electrons. The van der Waals surface area contributed by atoms with E-state index in [1.54, 1.807) is 12.1 Å². The maximum atomic E-state index is 14.3. The second-order valence-corrected chi connectivity index (χ2v) is 7.20. The maximum Gasteiger partial charge on any atom is 0.188 e. The van der Waals surface area contributed by atoms with E-state index in [0.717, 1.165) is 12.8 Å². The van der Waals surface area contributed by atoms with E-state index in [2.05, 4.69) is 0 Å². The van der Waals surface area contributed by atoms with Crippen molar-refractivity contribution in [1.82, 2.24) is 0 Å². The molecule has 1 aromatic carbocycles. The smallest absolute Gasteiger partial charge is 0.188 e. The maximum absolute atomic E-state index is 14.3.